The van der Waals surface area contributed by atoms with E-state index in [2.05, 4.69) is 27.4 Å². The number of aromatic nitrogens is 4. The molecule has 1 aromatic carbocycles. The van der Waals surface area contributed by atoms with Gasteiger partial charge in [-0.15, -0.1) is 5.10 Å². The summed E-state index contributed by atoms with van der Waals surface area (Å²) < 4.78 is 12.1. The third kappa shape index (κ3) is 5.87. The largest absolute Gasteiger partial charge is 0.490 e. The van der Waals surface area contributed by atoms with Crippen LogP contribution in [0.3, 0.4) is 0 Å². The number of carbonyl (C=O) groups excluding carboxylic acids is 1. The maximum absolute atomic E-state index is 12.0. The molecule has 9 heteroatoms. The van der Waals surface area contributed by atoms with Gasteiger partial charge in [-0.3, -0.25) is 4.79 Å². The van der Waals surface area contributed by atoms with Crippen molar-refractivity contribution in [3.05, 3.63) is 48.3 Å². The van der Waals surface area contributed by atoms with Crippen molar-refractivity contribution in [2.45, 2.75) is 57.3 Å². The summed E-state index contributed by atoms with van der Waals surface area (Å²) in [5, 5.41) is 15.7. The Morgan fingerprint density at radius 3 is 2.73 bits per heavy atom. The van der Waals surface area contributed by atoms with E-state index in [0.717, 1.165) is 37.0 Å². The minimum atomic E-state index is -0.374. The maximum Gasteiger partial charge on any atom is 0.327 e. The zero-order chi connectivity index (χ0) is 21.3. The van der Waals surface area contributed by atoms with Crippen molar-refractivity contribution in [3.8, 4) is 5.75 Å². The summed E-state index contributed by atoms with van der Waals surface area (Å²) >= 11 is 0. The second kappa shape index (κ2) is 10.8. The van der Waals surface area contributed by atoms with Crippen LogP contribution in [0.1, 0.15) is 50.0 Å². The summed E-state index contributed by atoms with van der Waals surface area (Å²) in [4.78, 5) is 12.0. The highest BCUT2D eigenvalue weighted by Crippen LogP contribution is 2.26. The fourth-order valence-corrected chi connectivity index (χ4v) is 3.61. The molecule has 1 fully saturated rings. The van der Waals surface area contributed by atoms with Crippen LogP contribution in [-0.4, -0.2) is 51.5 Å². The second-order valence-corrected chi connectivity index (χ2v) is 7.38. The molecule has 1 unspecified atom stereocenters. The molecule has 0 spiro atoms. The van der Waals surface area contributed by atoms with E-state index in [9.17, 15) is 4.79 Å². The van der Waals surface area contributed by atoms with Gasteiger partial charge >= 0.3 is 5.97 Å². The summed E-state index contributed by atoms with van der Waals surface area (Å²) in [6.45, 7) is 6.16. The number of rotatable bonds is 10. The van der Waals surface area contributed by atoms with Gasteiger partial charge in [0.1, 0.15) is 18.9 Å². The van der Waals surface area contributed by atoms with Crippen molar-refractivity contribution in [1.82, 2.24) is 25.5 Å². The Morgan fingerprint density at radius 1 is 1.33 bits per heavy atom. The number of esters is 1. The van der Waals surface area contributed by atoms with Crippen LogP contribution in [0.5, 0.6) is 5.75 Å². The highest BCUT2D eigenvalue weighted by molar-refractivity contribution is 5.69. The molecule has 1 aliphatic carbocycles. The Kier molecular flexibility index (Phi) is 7.92. The Hall–Kier alpha value is -2.78. The lowest BCUT2D eigenvalue weighted by Gasteiger charge is -2.30. The lowest BCUT2D eigenvalue weighted by atomic mass is 9.90. The van der Waals surface area contributed by atoms with Crippen molar-refractivity contribution >= 4 is 5.97 Å². The van der Waals surface area contributed by atoms with Gasteiger partial charge in [-0.2, -0.15) is 0 Å². The monoisotopic (exact) mass is 414 g/mol. The molecule has 1 aromatic heterocycles. The zero-order valence-electron chi connectivity index (χ0n) is 17.4. The number of tetrazole rings is 1. The molecule has 0 aliphatic heterocycles. The van der Waals surface area contributed by atoms with E-state index in [1.54, 1.807) is 13.0 Å². The number of carbonyl (C=O) groups is 1. The molecule has 1 aliphatic rings. The molecule has 3 rings (SSSR count). The van der Waals surface area contributed by atoms with Crippen LogP contribution < -0.4 is 15.8 Å². The van der Waals surface area contributed by atoms with Crippen LogP contribution in [0.25, 0.3) is 0 Å². The smallest absolute Gasteiger partial charge is 0.327 e. The summed E-state index contributed by atoms with van der Waals surface area (Å²) in [6, 6.07) is 8.05. The summed E-state index contributed by atoms with van der Waals surface area (Å²) in [5.74, 6) is 0.950. The van der Waals surface area contributed by atoms with E-state index < -0.39 is 0 Å². The van der Waals surface area contributed by atoms with Gasteiger partial charge in [0.05, 0.1) is 12.6 Å². The predicted molar refractivity (Wildman–Crippen MR) is 112 cm³/mol. The van der Waals surface area contributed by atoms with Crippen molar-refractivity contribution in [2.75, 3.05) is 13.2 Å². The van der Waals surface area contributed by atoms with Crippen LogP contribution >= 0.6 is 0 Å². The van der Waals surface area contributed by atoms with Gasteiger partial charge in [-0.1, -0.05) is 24.8 Å². The molecule has 3 N–H and O–H groups in total. The molecule has 0 amide bonds. The average Bonchev–Trinajstić information content (AvgIpc) is 3.20. The van der Waals surface area contributed by atoms with Crippen LogP contribution in [0.2, 0.25) is 0 Å². The first kappa shape index (κ1) is 21.9. The van der Waals surface area contributed by atoms with E-state index in [4.69, 9.17) is 15.2 Å². The minimum absolute atomic E-state index is 0.0373. The Morgan fingerprint density at radius 2 is 2.07 bits per heavy atom. The quantitative estimate of drug-likeness (QED) is 0.446. The first-order chi connectivity index (χ1) is 14.6. The van der Waals surface area contributed by atoms with Gasteiger partial charge in [0.25, 0.3) is 0 Å². The first-order valence-corrected chi connectivity index (χ1v) is 10.4. The number of nitrogens with zero attached hydrogens (tertiary/aromatic N) is 4. The molecule has 0 saturated heterocycles. The molecule has 9 nitrogen and oxygen atoms in total. The van der Waals surface area contributed by atoms with E-state index in [0.29, 0.717) is 25.1 Å². The molecule has 0 bridgehead atoms. The van der Waals surface area contributed by atoms with Crippen LogP contribution in [0, 0.1) is 0 Å². The molecule has 1 heterocycles. The molecular formula is C21H30N6O3. The van der Waals surface area contributed by atoms with Gasteiger partial charge in [0.15, 0.2) is 5.82 Å². The SMILES string of the molecule is C=CCOc1ccc(C(NC2CCC(N)CC2)c2nnnn2CC(=O)OCC)cc1. The first-order valence-electron chi connectivity index (χ1n) is 10.4. The number of hydrogen-bond acceptors (Lipinski definition) is 8. The molecule has 1 atom stereocenters. The summed E-state index contributed by atoms with van der Waals surface area (Å²) in [7, 11) is 0. The Balaban J connectivity index is 1.84. The third-order valence-electron chi connectivity index (χ3n) is 5.16. The van der Waals surface area contributed by atoms with Gasteiger partial charge in [0.2, 0.25) is 0 Å². The fourth-order valence-electron chi connectivity index (χ4n) is 3.61. The van der Waals surface area contributed by atoms with E-state index in [-0.39, 0.29) is 24.6 Å². The molecule has 162 valence electrons. The molecule has 30 heavy (non-hydrogen) atoms. The number of benzene rings is 1. The zero-order valence-corrected chi connectivity index (χ0v) is 17.4. The summed E-state index contributed by atoms with van der Waals surface area (Å²) in [6.07, 6.45) is 5.63. The molecule has 1 saturated carbocycles. The molecular weight excluding hydrogens is 384 g/mol. The standard InChI is InChI=1S/C21H30N6O3/c1-3-13-30-18-11-5-15(6-12-18)20(23-17-9-7-16(22)8-10-17)21-24-25-26-27(21)14-19(28)29-4-2/h3,5-6,11-12,16-17,20,23H,1,4,7-10,13-14,22H2,2H3. The second-order valence-electron chi connectivity index (χ2n) is 7.38. The van der Waals surface area contributed by atoms with E-state index in [1.165, 1.54) is 4.68 Å². The average molecular weight is 415 g/mol. The van der Waals surface area contributed by atoms with Crippen molar-refractivity contribution in [1.29, 1.82) is 0 Å². The Labute approximate surface area is 176 Å². The lowest BCUT2D eigenvalue weighted by Crippen LogP contribution is -2.40. The van der Waals surface area contributed by atoms with Gasteiger partial charge < -0.3 is 20.5 Å². The van der Waals surface area contributed by atoms with Gasteiger partial charge in [0, 0.05) is 12.1 Å². The predicted octanol–water partition coefficient (Wildman–Crippen LogP) is 1.75. The summed E-state index contributed by atoms with van der Waals surface area (Å²) in [5.41, 5.74) is 7.04. The van der Waals surface area contributed by atoms with Crippen LogP contribution in [0.4, 0.5) is 0 Å². The minimum Gasteiger partial charge on any atom is -0.490 e. The molecule has 2 aromatic rings. The molecule has 0 radical (unpaired) electrons. The highest BCUT2D eigenvalue weighted by Gasteiger charge is 2.27. The fraction of sp³-hybridized carbons (Fsp3) is 0.524. The van der Waals surface area contributed by atoms with Crippen LogP contribution in [-0.2, 0) is 16.1 Å². The highest BCUT2D eigenvalue weighted by atomic mass is 16.5. The Bertz CT molecular complexity index is 814. The number of hydrogen-bond donors (Lipinski definition) is 2. The maximum atomic E-state index is 12.0. The number of nitrogens with one attached hydrogen (secondary N) is 1. The van der Waals surface area contributed by atoms with Crippen molar-refractivity contribution in [3.63, 3.8) is 0 Å². The normalized spacial score (nSPS) is 19.8. The van der Waals surface area contributed by atoms with Crippen LogP contribution in [0.15, 0.2) is 36.9 Å². The third-order valence-corrected chi connectivity index (χ3v) is 5.16. The van der Waals surface area contributed by atoms with Crippen molar-refractivity contribution < 1.29 is 14.3 Å². The van der Waals surface area contributed by atoms with Gasteiger partial charge in [-0.25, -0.2) is 4.68 Å². The topological polar surface area (TPSA) is 117 Å². The lowest BCUT2D eigenvalue weighted by molar-refractivity contribution is -0.144. The van der Waals surface area contributed by atoms with E-state index >= 15 is 0 Å². The van der Waals surface area contributed by atoms with E-state index in [1.807, 2.05) is 24.3 Å². The number of ether oxygens (including phenoxy) is 2. The number of nitrogens with two attached hydrogens (primary N) is 1. The van der Waals surface area contributed by atoms with Crippen molar-refractivity contribution in [2.24, 2.45) is 5.73 Å². The van der Waals surface area contributed by atoms with Gasteiger partial charge in [-0.05, 0) is 60.7 Å².